The first kappa shape index (κ1) is 13.4. The molecule has 3 N–H and O–H groups in total. The van der Waals surface area contributed by atoms with Gasteiger partial charge in [0, 0.05) is 18.3 Å². The van der Waals surface area contributed by atoms with Crippen molar-refractivity contribution in [3.05, 3.63) is 12.2 Å². The van der Waals surface area contributed by atoms with Crippen LogP contribution in [-0.4, -0.2) is 29.8 Å². The highest BCUT2D eigenvalue weighted by Gasteiger charge is 2.28. The average Bonchev–Trinajstić information content (AvgIpc) is 2.57. The Kier molecular flexibility index (Phi) is 4.67. The molecule has 1 aliphatic carbocycles. The van der Waals surface area contributed by atoms with Crippen LogP contribution in [0.4, 0.5) is 13.2 Å². The number of hydrogen-bond acceptors (Lipinski definition) is 3. The van der Waals surface area contributed by atoms with E-state index in [2.05, 4.69) is 5.32 Å². The normalized spacial score (nSPS) is 24.8. The second-order valence-electron chi connectivity index (χ2n) is 3.48. The molecule has 7 heteroatoms. The topological polar surface area (TPSA) is 55.1 Å². The third-order valence-electron chi connectivity index (χ3n) is 2.12. The third kappa shape index (κ3) is 4.89. The van der Waals surface area contributed by atoms with Gasteiger partial charge in [-0.3, -0.25) is 4.79 Å². The van der Waals surface area contributed by atoms with Gasteiger partial charge in [0.1, 0.15) is 0 Å². The summed E-state index contributed by atoms with van der Waals surface area (Å²) in [6.07, 6.45) is 3.95. The van der Waals surface area contributed by atoms with Crippen LogP contribution in [0.15, 0.2) is 12.2 Å². The summed E-state index contributed by atoms with van der Waals surface area (Å²) in [4.78, 5) is 11.4. The van der Waals surface area contributed by atoms with Gasteiger partial charge in [0.25, 0.3) is 0 Å². The number of carbonyl (C=O) groups is 1. The zero-order valence-corrected chi connectivity index (χ0v) is 9.27. The molecule has 92 valence electrons. The Balaban J connectivity index is 2.14. The van der Waals surface area contributed by atoms with Gasteiger partial charge in [0.15, 0.2) is 0 Å². The van der Waals surface area contributed by atoms with E-state index in [1.165, 1.54) is 0 Å². The number of nitrogens with two attached hydrogens (primary N) is 1. The lowest BCUT2D eigenvalue weighted by Gasteiger charge is -2.10. The van der Waals surface area contributed by atoms with Gasteiger partial charge in [0.2, 0.25) is 5.91 Å². The molecule has 0 saturated heterocycles. The van der Waals surface area contributed by atoms with E-state index in [0.717, 1.165) is 0 Å². The smallest absolute Gasteiger partial charge is 0.355 e. The molecule has 0 aromatic carbocycles. The summed E-state index contributed by atoms with van der Waals surface area (Å²) in [5, 5.41) is 2.45. The molecule has 0 radical (unpaired) electrons. The highest BCUT2D eigenvalue weighted by Crippen LogP contribution is 2.29. The van der Waals surface area contributed by atoms with Gasteiger partial charge in [-0.05, 0) is 18.2 Å². The Hall–Kier alpha value is -0.690. The zero-order chi connectivity index (χ0) is 12.2. The fourth-order valence-corrected chi connectivity index (χ4v) is 1.83. The second-order valence-corrected chi connectivity index (χ2v) is 4.64. The summed E-state index contributed by atoms with van der Waals surface area (Å²) in [6.45, 7) is 0.0165. The molecule has 0 bridgehead atoms. The summed E-state index contributed by atoms with van der Waals surface area (Å²) in [5.74, 6) is -0.726. The van der Waals surface area contributed by atoms with Crippen LogP contribution in [0.1, 0.15) is 6.42 Å². The van der Waals surface area contributed by atoms with Crippen molar-refractivity contribution in [1.29, 1.82) is 0 Å². The number of nitrogens with one attached hydrogen (secondary N) is 1. The fraction of sp³-hybridized carbons (Fsp3) is 0.667. The molecular formula is C9H13F3N2OS. The largest absolute Gasteiger partial charge is 0.441 e. The first-order valence-corrected chi connectivity index (χ1v) is 5.79. The predicted molar refractivity (Wildman–Crippen MR) is 56.7 cm³/mol. The van der Waals surface area contributed by atoms with Gasteiger partial charge in [-0.25, -0.2) is 0 Å². The van der Waals surface area contributed by atoms with Crippen molar-refractivity contribution in [2.24, 2.45) is 11.7 Å². The van der Waals surface area contributed by atoms with E-state index >= 15 is 0 Å². The molecule has 3 nitrogen and oxygen atoms in total. The van der Waals surface area contributed by atoms with E-state index in [4.69, 9.17) is 5.73 Å². The van der Waals surface area contributed by atoms with Gasteiger partial charge < -0.3 is 11.1 Å². The van der Waals surface area contributed by atoms with E-state index in [-0.39, 0.29) is 41.9 Å². The molecule has 0 aliphatic heterocycles. The maximum Gasteiger partial charge on any atom is 0.441 e. The van der Waals surface area contributed by atoms with E-state index in [9.17, 15) is 18.0 Å². The lowest BCUT2D eigenvalue weighted by Crippen LogP contribution is -2.32. The van der Waals surface area contributed by atoms with Gasteiger partial charge in [-0.1, -0.05) is 12.2 Å². The van der Waals surface area contributed by atoms with Crippen LogP contribution < -0.4 is 11.1 Å². The summed E-state index contributed by atoms with van der Waals surface area (Å²) in [7, 11) is 0. The SMILES string of the molecule is NC1C=CC(C(=O)NCCSC(F)(F)F)C1. The van der Waals surface area contributed by atoms with E-state index in [1.807, 2.05) is 0 Å². The van der Waals surface area contributed by atoms with Crippen molar-refractivity contribution < 1.29 is 18.0 Å². The van der Waals surface area contributed by atoms with Crippen LogP contribution in [0, 0.1) is 5.92 Å². The summed E-state index contributed by atoms with van der Waals surface area (Å²) < 4.78 is 35.3. The van der Waals surface area contributed by atoms with Gasteiger partial charge in [0.05, 0.1) is 5.92 Å². The molecule has 16 heavy (non-hydrogen) atoms. The van der Waals surface area contributed by atoms with Crippen LogP contribution in [0.25, 0.3) is 0 Å². The van der Waals surface area contributed by atoms with E-state index < -0.39 is 5.51 Å². The first-order chi connectivity index (χ1) is 7.38. The maximum absolute atomic E-state index is 11.8. The number of thioether (sulfide) groups is 1. The minimum Gasteiger partial charge on any atom is -0.355 e. The molecular weight excluding hydrogens is 241 g/mol. The molecule has 0 saturated carbocycles. The van der Waals surface area contributed by atoms with Crippen molar-refractivity contribution in [3.8, 4) is 0 Å². The highest BCUT2D eigenvalue weighted by molar-refractivity contribution is 8.00. The van der Waals surface area contributed by atoms with Crippen LogP contribution >= 0.6 is 11.8 Å². The zero-order valence-electron chi connectivity index (χ0n) is 8.46. The number of alkyl halides is 3. The molecule has 2 atom stereocenters. The summed E-state index contributed by atoms with van der Waals surface area (Å²) in [6, 6.07) is -0.125. The quantitative estimate of drug-likeness (QED) is 0.586. The molecule has 0 aromatic rings. The Morgan fingerprint density at radius 3 is 2.69 bits per heavy atom. The van der Waals surface area contributed by atoms with Gasteiger partial charge >= 0.3 is 5.51 Å². The number of halogens is 3. The van der Waals surface area contributed by atoms with E-state index in [0.29, 0.717) is 6.42 Å². The highest BCUT2D eigenvalue weighted by atomic mass is 32.2. The van der Waals surface area contributed by atoms with E-state index in [1.54, 1.807) is 12.2 Å². The number of hydrogen-bond donors (Lipinski definition) is 2. The van der Waals surface area contributed by atoms with Crippen LogP contribution in [0.2, 0.25) is 0 Å². The molecule has 1 aliphatic rings. The van der Waals surface area contributed by atoms with Crippen LogP contribution in [0.5, 0.6) is 0 Å². The van der Waals surface area contributed by atoms with Crippen molar-refractivity contribution >= 4 is 17.7 Å². The molecule has 0 fully saturated rings. The minimum absolute atomic E-state index is 0.0165. The molecule has 1 rings (SSSR count). The van der Waals surface area contributed by atoms with Crippen molar-refractivity contribution in [2.75, 3.05) is 12.3 Å². The van der Waals surface area contributed by atoms with Gasteiger partial charge in [-0.2, -0.15) is 13.2 Å². The third-order valence-corrected chi connectivity index (χ3v) is 2.86. The maximum atomic E-state index is 11.8. The molecule has 0 heterocycles. The molecule has 0 aromatic heterocycles. The van der Waals surface area contributed by atoms with Crippen LogP contribution in [0.3, 0.4) is 0 Å². The second kappa shape index (κ2) is 5.58. The van der Waals surface area contributed by atoms with Crippen LogP contribution in [-0.2, 0) is 4.79 Å². The number of rotatable bonds is 4. The number of amides is 1. The molecule has 1 amide bonds. The lowest BCUT2D eigenvalue weighted by molar-refractivity contribution is -0.123. The first-order valence-electron chi connectivity index (χ1n) is 4.81. The molecule has 0 spiro atoms. The lowest BCUT2D eigenvalue weighted by atomic mass is 10.1. The predicted octanol–water partition coefficient (Wildman–Crippen LogP) is 1.26. The fourth-order valence-electron chi connectivity index (χ4n) is 1.39. The average molecular weight is 254 g/mol. The molecule has 2 unspecified atom stereocenters. The summed E-state index contributed by atoms with van der Waals surface area (Å²) >= 11 is -0.139. The van der Waals surface area contributed by atoms with Crippen molar-refractivity contribution in [2.45, 2.75) is 18.0 Å². The Morgan fingerprint density at radius 1 is 1.50 bits per heavy atom. The Labute approximate surface area is 95.6 Å². The van der Waals surface area contributed by atoms with Gasteiger partial charge in [-0.15, -0.1) is 0 Å². The van der Waals surface area contributed by atoms with Crippen molar-refractivity contribution in [1.82, 2.24) is 5.32 Å². The number of carbonyl (C=O) groups excluding carboxylic acids is 1. The van der Waals surface area contributed by atoms with Crippen molar-refractivity contribution in [3.63, 3.8) is 0 Å². The monoisotopic (exact) mass is 254 g/mol. The summed E-state index contributed by atoms with van der Waals surface area (Å²) in [5.41, 5.74) is 1.32. The Bertz CT molecular complexity index is 280. The Morgan fingerprint density at radius 2 is 2.19 bits per heavy atom. The standard InChI is InChI=1S/C9H13F3N2OS/c10-9(11,12)16-4-3-14-8(15)6-1-2-7(13)5-6/h1-2,6-7H,3-5,13H2,(H,14,15). The minimum atomic E-state index is -4.24.